The molecule has 1 N–H and O–H groups in total. The number of carbonyl (C=O) groups excluding carboxylic acids is 1. The van der Waals surface area contributed by atoms with E-state index in [9.17, 15) is 9.59 Å². The minimum Gasteiger partial charge on any atom is -0.315 e. The third-order valence-corrected chi connectivity index (χ3v) is 5.82. The first-order valence-corrected chi connectivity index (χ1v) is 11.6. The normalized spacial score (nSPS) is 12.0. The van der Waals surface area contributed by atoms with Crippen LogP contribution in [0.4, 0.5) is 10.5 Å². The van der Waals surface area contributed by atoms with E-state index >= 15 is 0 Å². The highest BCUT2D eigenvalue weighted by atomic mass is 79.9. The van der Waals surface area contributed by atoms with E-state index in [-0.39, 0.29) is 17.6 Å². The van der Waals surface area contributed by atoms with Gasteiger partial charge < -0.3 is 10.2 Å². The molecule has 0 fully saturated rings. The fourth-order valence-corrected chi connectivity index (χ4v) is 3.88. The van der Waals surface area contributed by atoms with Crippen molar-refractivity contribution in [3.63, 3.8) is 0 Å². The number of nitrogens with one attached hydrogen (secondary N) is 1. The maximum atomic E-state index is 13.2. The van der Waals surface area contributed by atoms with Gasteiger partial charge in [0, 0.05) is 23.2 Å². The number of fused-ring (bicyclic) bond motifs is 1. The molecule has 31 heavy (non-hydrogen) atoms. The monoisotopic (exact) mass is 484 g/mol. The summed E-state index contributed by atoms with van der Waals surface area (Å²) in [5, 5.41) is 3.59. The molecular weight excluding hydrogens is 456 g/mol. The first-order valence-electron chi connectivity index (χ1n) is 10.8. The molecule has 0 radical (unpaired) electrons. The average Bonchev–Trinajstić information content (AvgIpc) is 2.77. The number of para-hydroxylation sites is 1. The van der Waals surface area contributed by atoms with Crippen LogP contribution in [0.3, 0.4) is 0 Å². The van der Waals surface area contributed by atoms with Crippen LogP contribution >= 0.6 is 15.9 Å². The van der Waals surface area contributed by atoms with Crippen LogP contribution < -0.4 is 10.9 Å². The van der Waals surface area contributed by atoms with Crippen molar-refractivity contribution in [2.24, 2.45) is 0 Å². The Kier molecular flexibility index (Phi) is 7.85. The largest absolute Gasteiger partial charge is 0.322 e. The summed E-state index contributed by atoms with van der Waals surface area (Å²) in [6.07, 6.45) is 2.63. The van der Waals surface area contributed by atoms with Gasteiger partial charge in [-0.1, -0.05) is 48.3 Å². The second-order valence-electron chi connectivity index (χ2n) is 7.60. The Bertz CT molecular complexity index is 1090. The van der Waals surface area contributed by atoms with Crippen LogP contribution in [0.2, 0.25) is 0 Å². The molecule has 0 aliphatic heterocycles. The van der Waals surface area contributed by atoms with Crippen LogP contribution in [0.1, 0.15) is 51.9 Å². The molecule has 3 rings (SSSR count). The summed E-state index contributed by atoms with van der Waals surface area (Å²) >= 11 is 3.41. The van der Waals surface area contributed by atoms with Gasteiger partial charge in [0.05, 0.1) is 16.9 Å². The molecule has 1 atom stereocenters. The van der Waals surface area contributed by atoms with Gasteiger partial charge in [-0.15, -0.1) is 0 Å². The average molecular weight is 485 g/mol. The summed E-state index contributed by atoms with van der Waals surface area (Å²) in [6, 6.07) is 14.3. The summed E-state index contributed by atoms with van der Waals surface area (Å²) in [7, 11) is 0. The lowest BCUT2D eigenvalue weighted by Crippen LogP contribution is -2.40. The number of amides is 2. The molecule has 2 amide bonds. The molecule has 0 bridgehead atoms. The molecule has 0 saturated carbocycles. The maximum absolute atomic E-state index is 13.2. The molecule has 0 aliphatic rings. The predicted octanol–water partition coefficient (Wildman–Crippen LogP) is 5.96. The smallest absolute Gasteiger partial charge is 0.315 e. The number of carbonyl (C=O) groups is 1. The molecule has 6 nitrogen and oxygen atoms in total. The third-order valence-electron chi connectivity index (χ3n) is 5.29. The van der Waals surface area contributed by atoms with E-state index in [0.717, 1.165) is 29.4 Å². The standard InChI is InChI=1S/C24H29BrN4O2/c1-4-6-16-28(24(31)26-19-13-11-18(25)12-14-19)17(3)22-27-21-10-8-7-9-20(21)23(30)29(22)15-5-2/h7-14,17H,4-6,15-16H2,1-3H3,(H,26,31). The SMILES string of the molecule is CCCCN(C(=O)Nc1ccc(Br)cc1)C(C)c1nc2ccccc2c(=O)n1CCC. The molecule has 3 aromatic rings. The Balaban J connectivity index is 2.00. The molecule has 1 unspecified atom stereocenters. The van der Waals surface area contributed by atoms with Crippen molar-refractivity contribution in [2.45, 2.75) is 52.6 Å². The van der Waals surface area contributed by atoms with Crippen molar-refractivity contribution in [2.75, 3.05) is 11.9 Å². The summed E-state index contributed by atoms with van der Waals surface area (Å²) in [4.78, 5) is 33.0. The van der Waals surface area contributed by atoms with Gasteiger partial charge in [-0.25, -0.2) is 9.78 Å². The number of unbranched alkanes of at least 4 members (excludes halogenated alkanes) is 1. The number of aromatic nitrogens is 2. The number of benzene rings is 2. The Labute approximate surface area is 191 Å². The Morgan fingerprint density at radius 1 is 1.13 bits per heavy atom. The maximum Gasteiger partial charge on any atom is 0.322 e. The van der Waals surface area contributed by atoms with Crippen LogP contribution in [0, 0.1) is 0 Å². The van der Waals surface area contributed by atoms with E-state index in [0.29, 0.717) is 29.8 Å². The van der Waals surface area contributed by atoms with Crippen LogP contribution in [0.15, 0.2) is 57.8 Å². The van der Waals surface area contributed by atoms with Gasteiger partial charge in [0.25, 0.3) is 5.56 Å². The van der Waals surface area contributed by atoms with Gasteiger partial charge in [0.2, 0.25) is 0 Å². The zero-order chi connectivity index (χ0) is 22.4. The van der Waals surface area contributed by atoms with Crippen molar-refractivity contribution in [3.05, 3.63) is 69.2 Å². The molecule has 164 valence electrons. The van der Waals surface area contributed by atoms with Gasteiger partial charge in [-0.2, -0.15) is 0 Å². The molecule has 0 spiro atoms. The second kappa shape index (κ2) is 10.6. The lowest BCUT2D eigenvalue weighted by atomic mass is 10.2. The predicted molar refractivity (Wildman–Crippen MR) is 129 cm³/mol. The number of halogens is 1. The van der Waals surface area contributed by atoms with Crippen LogP contribution in [-0.4, -0.2) is 27.0 Å². The number of hydrogen-bond acceptors (Lipinski definition) is 3. The molecular formula is C24H29BrN4O2. The fraction of sp³-hybridized carbons (Fsp3) is 0.375. The van der Waals surface area contributed by atoms with E-state index in [2.05, 4.69) is 28.2 Å². The van der Waals surface area contributed by atoms with Gasteiger partial charge >= 0.3 is 6.03 Å². The van der Waals surface area contributed by atoms with Crippen LogP contribution in [0.25, 0.3) is 10.9 Å². The highest BCUT2D eigenvalue weighted by Crippen LogP contribution is 2.23. The number of anilines is 1. The number of hydrogen-bond donors (Lipinski definition) is 1. The first-order chi connectivity index (χ1) is 15.0. The molecule has 2 aromatic carbocycles. The Hall–Kier alpha value is -2.67. The van der Waals surface area contributed by atoms with Crippen LogP contribution in [-0.2, 0) is 6.54 Å². The summed E-state index contributed by atoms with van der Waals surface area (Å²) in [6.45, 7) is 7.21. The van der Waals surface area contributed by atoms with Crippen LogP contribution in [0.5, 0.6) is 0 Å². The van der Waals surface area contributed by atoms with E-state index in [1.807, 2.05) is 56.3 Å². The van der Waals surface area contributed by atoms with Crippen molar-refractivity contribution < 1.29 is 4.79 Å². The second-order valence-corrected chi connectivity index (χ2v) is 8.52. The number of rotatable bonds is 8. The van der Waals surface area contributed by atoms with Crippen molar-refractivity contribution in [1.82, 2.24) is 14.5 Å². The summed E-state index contributed by atoms with van der Waals surface area (Å²) < 4.78 is 2.67. The van der Waals surface area contributed by atoms with E-state index in [4.69, 9.17) is 4.98 Å². The first kappa shape index (κ1) is 23.0. The summed E-state index contributed by atoms with van der Waals surface area (Å²) in [5.41, 5.74) is 1.32. The number of urea groups is 1. The van der Waals surface area contributed by atoms with Crippen molar-refractivity contribution in [1.29, 1.82) is 0 Å². The molecule has 7 heteroatoms. The third kappa shape index (κ3) is 5.34. The lowest BCUT2D eigenvalue weighted by molar-refractivity contribution is 0.187. The fourth-order valence-electron chi connectivity index (χ4n) is 3.61. The van der Waals surface area contributed by atoms with Crippen molar-refractivity contribution in [3.8, 4) is 0 Å². The van der Waals surface area contributed by atoms with Gasteiger partial charge in [-0.05, 0) is 56.2 Å². The quantitative estimate of drug-likeness (QED) is 0.428. The molecule has 1 aromatic heterocycles. The Morgan fingerprint density at radius 2 is 1.84 bits per heavy atom. The zero-order valence-electron chi connectivity index (χ0n) is 18.3. The van der Waals surface area contributed by atoms with E-state index < -0.39 is 0 Å². The number of nitrogens with zero attached hydrogens (tertiary/aromatic N) is 3. The van der Waals surface area contributed by atoms with Gasteiger partial charge in [-0.3, -0.25) is 9.36 Å². The molecule has 0 saturated heterocycles. The van der Waals surface area contributed by atoms with Crippen molar-refractivity contribution >= 4 is 38.6 Å². The minimum absolute atomic E-state index is 0.0574. The zero-order valence-corrected chi connectivity index (χ0v) is 19.9. The minimum atomic E-state index is -0.356. The van der Waals surface area contributed by atoms with Gasteiger partial charge in [0.15, 0.2) is 0 Å². The summed E-state index contributed by atoms with van der Waals surface area (Å²) in [5.74, 6) is 0.618. The van der Waals surface area contributed by atoms with E-state index in [1.165, 1.54) is 0 Å². The Morgan fingerprint density at radius 3 is 2.52 bits per heavy atom. The highest BCUT2D eigenvalue weighted by Gasteiger charge is 2.26. The molecule has 0 aliphatic carbocycles. The highest BCUT2D eigenvalue weighted by molar-refractivity contribution is 9.10. The topological polar surface area (TPSA) is 67.2 Å². The molecule has 1 heterocycles. The van der Waals surface area contributed by atoms with Gasteiger partial charge in [0.1, 0.15) is 5.82 Å². The van der Waals surface area contributed by atoms with E-state index in [1.54, 1.807) is 15.5 Å². The lowest BCUT2D eigenvalue weighted by Gasteiger charge is -2.30.